The molecule has 0 aromatic heterocycles. The molecular weight excluding hydrogens is 403 g/mol. The van der Waals surface area contributed by atoms with Gasteiger partial charge in [0.2, 0.25) is 11.8 Å². The molecule has 2 atom stereocenters. The Morgan fingerprint density at radius 1 is 1.36 bits per heavy atom. The van der Waals surface area contributed by atoms with Gasteiger partial charge in [-0.05, 0) is 31.5 Å². The maximum atomic E-state index is 12.9. The second-order valence-corrected chi connectivity index (χ2v) is 6.27. The summed E-state index contributed by atoms with van der Waals surface area (Å²) in [6, 6.07) is 0.815. The Morgan fingerprint density at radius 2 is 2.00 bits per heavy atom. The van der Waals surface area contributed by atoms with Gasteiger partial charge in [0.15, 0.2) is 0 Å². The van der Waals surface area contributed by atoms with E-state index in [0.717, 1.165) is 23.1 Å². The predicted octanol–water partition coefficient (Wildman–Crippen LogP) is 2.64. The number of aliphatic carboxylic acids is 1. The molecule has 1 aliphatic heterocycles. The summed E-state index contributed by atoms with van der Waals surface area (Å²) in [4.78, 5) is 36.9. The number of anilines is 2. The summed E-state index contributed by atoms with van der Waals surface area (Å²) >= 11 is 0. The third-order valence-electron chi connectivity index (χ3n) is 4.15. The van der Waals surface area contributed by atoms with Crippen LogP contribution in [0.3, 0.4) is 0 Å². The van der Waals surface area contributed by atoms with E-state index in [-0.39, 0.29) is 30.3 Å². The number of carbonyl (C=O) groups is 3. The van der Waals surface area contributed by atoms with Crippen molar-refractivity contribution in [2.75, 3.05) is 16.8 Å². The van der Waals surface area contributed by atoms with Crippen molar-refractivity contribution in [3.8, 4) is 0 Å². The second-order valence-electron chi connectivity index (χ2n) is 6.27. The van der Waals surface area contributed by atoms with Gasteiger partial charge in [0.05, 0.1) is 23.0 Å². The summed E-state index contributed by atoms with van der Waals surface area (Å²) in [5.41, 5.74) is -0.940. The molecule has 1 aromatic rings. The summed E-state index contributed by atoms with van der Waals surface area (Å²) in [6.07, 6.45) is -3.70. The van der Waals surface area contributed by atoms with Gasteiger partial charge in [-0.2, -0.15) is 13.2 Å². The predicted molar refractivity (Wildman–Crippen MR) is 98.6 cm³/mol. The largest absolute Gasteiger partial charge is 0.480 e. The second kappa shape index (κ2) is 9.24. The molecule has 2 amide bonds. The summed E-state index contributed by atoms with van der Waals surface area (Å²) in [5, 5.41) is 14.2. The van der Waals surface area contributed by atoms with Gasteiger partial charge in [-0.25, -0.2) is 0 Å². The average Bonchev–Trinajstić information content (AvgIpc) is 2.58. The van der Waals surface area contributed by atoms with E-state index in [0.29, 0.717) is 12.8 Å². The first-order chi connectivity index (χ1) is 12.5. The van der Waals surface area contributed by atoms with E-state index >= 15 is 0 Å². The standard InChI is InChI=1S/C17H20F3N3O4.ClH/c1-3-4-11(16(26)27)21-9(2)15(25)23-8-14(24)22-12-7-10(17(18,19)20)5-6-13(12)23;/h5-7,9,11,21H,3-4,8H2,1-2H3,(H,22,24)(H,26,27);1H. The molecule has 3 N–H and O–H groups in total. The molecule has 11 heteroatoms. The van der Waals surface area contributed by atoms with Crippen LogP contribution in [0, 0.1) is 0 Å². The van der Waals surface area contributed by atoms with Crippen molar-refractivity contribution in [2.24, 2.45) is 0 Å². The lowest BCUT2D eigenvalue weighted by molar-refractivity contribution is -0.140. The highest BCUT2D eigenvalue weighted by molar-refractivity contribution is 6.11. The first-order valence-electron chi connectivity index (χ1n) is 8.36. The van der Waals surface area contributed by atoms with Gasteiger partial charge in [0.1, 0.15) is 12.6 Å². The molecule has 0 saturated heterocycles. The van der Waals surface area contributed by atoms with Gasteiger partial charge in [0, 0.05) is 0 Å². The lowest BCUT2D eigenvalue weighted by Crippen LogP contribution is -2.53. The summed E-state index contributed by atoms with van der Waals surface area (Å²) in [7, 11) is 0. The Morgan fingerprint density at radius 3 is 2.54 bits per heavy atom. The van der Waals surface area contributed by atoms with Crippen LogP contribution in [0.15, 0.2) is 18.2 Å². The number of carboxylic acid groups (broad SMARTS) is 1. The van der Waals surface area contributed by atoms with Crippen LogP contribution in [-0.4, -0.2) is 41.5 Å². The van der Waals surface area contributed by atoms with Crippen molar-refractivity contribution in [1.82, 2.24) is 5.32 Å². The number of hydrogen-bond donors (Lipinski definition) is 3. The van der Waals surface area contributed by atoms with E-state index < -0.39 is 41.6 Å². The SMILES string of the molecule is CCCC(NC(C)C(=O)N1CC(=O)Nc2cc(C(F)(F)F)ccc21)C(=O)O.Cl. The van der Waals surface area contributed by atoms with Crippen molar-refractivity contribution in [3.63, 3.8) is 0 Å². The molecule has 7 nitrogen and oxygen atoms in total. The molecule has 0 fully saturated rings. The van der Waals surface area contributed by atoms with E-state index in [1.165, 1.54) is 6.92 Å². The van der Waals surface area contributed by atoms with Crippen LogP contribution in [0.5, 0.6) is 0 Å². The van der Waals surface area contributed by atoms with Gasteiger partial charge in [-0.15, -0.1) is 12.4 Å². The number of carboxylic acids is 1. The molecule has 0 saturated carbocycles. The van der Waals surface area contributed by atoms with Crippen molar-refractivity contribution in [3.05, 3.63) is 23.8 Å². The highest BCUT2D eigenvalue weighted by atomic mass is 35.5. The number of nitrogens with zero attached hydrogens (tertiary/aromatic N) is 1. The van der Waals surface area contributed by atoms with Gasteiger partial charge < -0.3 is 10.4 Å². The lowest BCUT2D eigenvalue weighted by atomic mass is 10.1. The van der Waals surface area contributed by atoms with Crippen molar-refractivity contribution in [1.29, 1.82) is 0 Å². The van der Waals surface area contributed by atoms with E-state index in [1.54, 1.807) is 6.92 Å². The number of benzene rings is 1. The topological polar surface area (TPSA) is 98.7 Å². The zero-order chi connectivity index (χ0) is 20.4. The minimum absolute atomic E-state index is 0. The van der Waals surface area contributed by atoms with Crippen molar-refractivity contribution >= 4 is 41.6 Å². The smallest absolute Gasteiger partial charge is 0.416 e. The highest BCUT2D eigenvalue weighted by Gasteiger charge is 2.35. The molecule has 1 aliphatic rings. The van der Waals surface area contributed by atoms with E-state index in [9.17, 15) is 32.7 Å². The van der Waals surface area contributed by atoms with Gasteiger partial charge in [-0.1, -0.05) is 13.3 Å². The maximum absolute atomic E-state index is 12.9. The number of rotatable bonds is 6. The molecule has 0 spiro atoms. The van der Waals surface area contributed by atoms with E-state index in [1.807, 2.05) is 0 Å². The maximum Gasteiger partial charge on any atom is 0.416 e. The monoisotopic (exact) mass is 423 g/mol. The molecule has 0 aliphatic carbocycles. The Kier molecular flexibility index (Phi) is 7.83. The zero-order valence-electron chi connectivity index (χ0n) is 15.2. The molecule has 156 valence electrons. The van der Waals surface area contributed by atoms with Crippen LogP contribution in [0.25, 0.3) is 0 Å². The third-order valence-corrected chi connectivity index (χ3v) is 4.15. The average molecular weight is 424 g/mol. The van der Waals surface area contributed by atoms with Crippen molar-refractivity contribution in [2.45, 2.75) is 44.9 Å². The van der Waals surface area contributed by atoms with Crippen molar-refractivity contribution < 1.29 is 32.7 Å². The van der Waals surface area contributed by atoms with Crippen LogP contribution >= 0.6 is 12.4 Å². The minimum Gasteiger partial charge on any atom is -0.480 e. The number of fused-ring (bicyclic) bond motifs is 1. The summed E-state index contributed by atoms with van der Waals surface area (Å²) < 4.78 is 38.6. The third kappa shape index (κ3) is 5.35. The first kappa shape index (κ1) is 23.7. The molecule has 2 unspecified atom stereocenters. The Labute approximate surface area is 165 Å². The molecule has 1 heterocycles. The fourth-order valence-electron chi connectivity index (χ4n) is 2.84. The van der Waals surface area contributed by atoms with Crippen LogP contribution in [0.4, 0.5) is 24.5 Å². The van der Waals surface area contributed by atoms with E-state index in [4.69, 9.17) is 0 Å². The van der Waals surface area contributed by atoms with Crippen LogP contribution in [-0.2, 0) is 20.6 Å². The number of amides is 2. The Hall–Kier alpha value is -2.33. The summed E-state index contributed by atoms with van der Waals surface area (Å²) in [6.45, 7) is 2.88. The molecule has 2 rings (SSSR count). The quantitative estimate of drug-likeness (QED) is 0.653. The lowest BCUT2D eigenvalue weighted by Gasteiger charge is -2.32. The molecule has 1 aromatic carbocycles. The minimum atomic E-state index is -4.59. The van der Waals surface area contributed by atoms with Gasteiger partial charge in [-0.3, -0.25) is 24.6 Å². The molecular formula is C17H21ClF3N3O4. The number of hydrogen-bond acceptors (Lipinski definition) is 4. The van der Waals surface area contributed by atoms with Gasteiger partial charge >= 0.3 is 12.1 Å². The fraction of sp³-hybridized carbons (Fsp3) is 0.471. The van der Waals surface area contributed by atoms with Crippen LogP contribution in [0.1, 0.15) is 32.3 Å². The molecule has 28 heavy (non-hydrogen) atoms. The number of carbonyl (C=O) groups excluding carboxylic acids is 2. The first-order valence-corrected chi connectivity index (χ1v) is 8.36. The number of alkyl halides is 3. The van der Waals surface area contributed by atoms with Crippen LogP contribution < -0.4 is 15.5 Å². The van der Waals surface area contributed by atoms with Gasteiger partial charge in [0.25, 0.3) is 0 Å². The normalized spacial score (nSPS) is 15.8. The number of halogens is 4. The Balaban J connectivity index is 0.00000392. The molecule has 0 radical (unpaired) electrons. The fourth-order valence-corrected chi connectivity index (χ4v) is 2.84. The zero-order valence-corrected chi connectivity index (χ0v) is 16.0. The highest BCUT2D eigenvalue weighted by Crippen LogP contribution is 2.37. The summed E-state index contributed by atoms with van der Waals surface area (Å²) in [5.74, 6) is -2.35. The Bertz CT molecular complexity index is 758. The van der Waals surface area contributed by atoms with E-state index in [2.05, 4.69) is 10.6 Å². The number of nitrogens with one attached hydrogen (secondary N) is 2. The molecule has 0 bridgehead atoms. The van der Waals surface area contributed by atoms with Crippen LogP contribution in [0.2, 0.25) is 0 Å².